The Morgan fingerprint density at radius 3 is 2.38 bits per heavy atom. The molecule has 0 aromatic carbocycles. The fourth-order valence-corrected chi connectivity index (χ4v) is 1.88. The van der Waals surface area contributed by atoms with Gasteiger partial charge in [0.2, 0.25) is 5.91 Å². The molecule has 1 amide bonds. The maximum Gasteiger partial charge on any atom is 0.323 e. The van der Waals surface area contributed by atoms with E-state index >= 15 is 0 Å². The zero-order chi connectivity index (χ0) is 12.1. The van der Waals surface area contributed by atoms with Gasteiger partial charge in [0.05, 0.1) is 13.7 Å². The largest absolute Gasteiger partial charge is 0.468 e. The third-order valence-electron chi connectivity index (χ3n) is 3.06. The molecule has 1 unspecified atom stereocenters. The van der Waals surface area contributed by atoms with Crippen LogP contribution in [0, 0.1) is 0 Å². The summed E-state index contributed by atoms with van der Waals surface area (Å²) in [5, 5.41) is 0. The normalized spacial score (nSPS) is 20.1. The number of methoxy groups -OCH3 is 1. The van der Waals surface area contributed by atoms with E-state index in [0.717, 1.165) is 13.0 Å². The molecule has 0 aromatic rings. The number of nitrogens with zero attached hydrogens (tertiary/aromatic N) is 2. The summed E-state index contributed by atoms with van der Waals surface area (Å²) < 4.78 is 4.67. The molecule has 5 nitrogen and oxygen atoms in total. The maximum atomic E-state index is 11.8. The zero-order valence-electron chi connectivity index (χ0n) is 10.2. The maximum absolute atomic E-state index is 11.8. The number of carbonyl (C=O) groups is 2. The zero-order valence-corrected chi connectivity index (χ0v) is 10.2. The highest BCUT2D eigenvalue weighted by Gasteiger charge is 2.36. The van der Waals surface area contributed by atoms with Crippen LogP contribution in [0.4, 0.5) is 0 Å². The number of ether oxygens (including phenoxy) is 1. The lowest BCUT2D eigenvalue weighted by molar-refractivity contribution is -0.153. The summed E-state index contributed by atoms with van der Waals surface area (Å²) in [6, 6.07) is -0.218. The SMILES string of the molecule is CCN(CC)C(=O)CN1CCC1C(=O)OC. The van der Waals surface area contributed by atoms with E-state index in [1.165, 1.54) is 7.11 Å². The number of likely N-dealkylation sites (tertiary alicyclic amines) is 1. The van der Waals surface area contributed by atoms with Crippen molar-refractivity contribution in [3.05, 3.63) is 0 Å². The second-order valence-corrected chi connectivity index (χ2v) is 3.86. The van der Waals surface area contributed by atoms with Crippen molar-refractivity contribution >= 4 is 11.9 Å². The first-order valence-electron chi connectivity index (χ1n) is 5.73. The third kappa shape index (κ3) is 2.72. The van der Waals surface area contributed by atoms with Gasteiger partial charge in [0.25, 0.3) is 0 Å². The van der Waals surface area contributed by atoms with Gasteiger partial charge < -0.3 is 9.64 Å². The molecule has 0 radical (unpaired) electrons. The van der Waals surface area contributed by atoms with Crippen LogP contribution in [0.3, 0.4) is 0 Å². The Morgan fingerprint density at radius 2 is 2.00 bits per heavy atom. The number of carbonyl (C=O) groups excluding carboxylic acids is 2. The molecule has 92 valence electrons. The van der Waals surface area contributed by atoms with Gasteiger partial charge in [-0.05, 0) is 20.3 Å². The van der Waals surface area contributed by atoms with Crippen molar-refractivity contribution in [3.8, 4) is 0 Å². The molecule has 0 N–H and O–H groups in total. The molecule has 0 bridgehead atoms. The van der Waals surface area contributed by atoms with Crippen LogP contribution in [-0.2, 0) is 14.3 Å². The van der Waals surface area contributed by atoms with E-state index in [-0.39, 0.29) is 17.9 Å². The Bertz CT molecular complexity index is 264. The third-order valence-corrected chi connectivity index (χ3v) is 3.06. The van der Waals surface area contributed by atoms with Crippen LogP contribution >= 0.6 is 0 Å². The topological polar surface area (TPSA) is 49.9 Å². The molecular formula is C11H20N2O3. The molecule has 0 saturated carbocycles. The second-order valence-electron chi connectivity index (χ2n) is 3.86. The van der Waals surface area contributed by atoms with E-state index in [1.54, 1.807) is 4.90 Å². The molecule has 1 atom stereocenters. The molecule has 5 heteroatoms. The van der Waals surface area contributed by atoms with Crippen LogP contribution in [0.1, 0.15) is 20.3 Å². The number of hydrogen-bond donors (Lipinski definition) is 0. The Morgan fingerprint density at radius 1 is 1.38 bits per heavy atom. The molecular weight excluding hydrogens is 208 g/mol. The lowest BCUT2D eigenvalue weighted by atomic mass is 10.0. The molecule has 0 aliphatic carbocycles. The van der Waals surface area contributed by atoms with Gasteiger partial charge in [0, 0.05) is 19.6 Å². The summed E-state index contributed by atoms with van der Waals surface area (Å²) in [6.45, 7) is 6.46. The first-order chi connectivity index (χ1) is 7.63. The van der Waals surface area contributed by atoms with Gasteiger partial charge in [0.1, 0.15) is 6.04 Å². The van der Waals surface area contributed by atoms with Crippen LogP contribution in [-0.4, -0.2) is 61.0 Å². The summed E-state index contributed by atoms with van der Waals surface area (Å²) in [5.41, 5.74) is 0. The Hall–Kier alpha value is -1.10. The highest BCUT2D eigenvalue weighted by molar-refractivity contribution is 5.81. The molecule has 1 fully saturated rings. The fraction of sp³-hybridized carbons (Fsp3) is 0.818. The minimum Gasteiger partial charge on any atom is -0.468 e. The highest BCUT2D eigenvalue weighted by Crippen LogP contribution is 2.18. The van der Waals surface area contributed by atoms with E-state index in [9.17, 15) is 9.59 Å². The van der Waals surface area contributed by atoms with Crippen molar-refractivity contribution in [1.82, 2.24) is 9.80 Å². The molecule has 0 aromatic heterocycles. The Balaban J connectivity index is 2.43. The summed E-state index contributed by atoms with van der Waals surface area (Å²) in [4.78, 5) is 26.7. The van der Waals surface area contributed by atoms with Crippen LogP contribution in [0.15, 0.2) is 0 Å². The fourth-order valence-electron chi connectivity index (χ4n) is 1.88. The van der Waals surface area contributed by atoms with E-state index in [1.807, 2.05) is 18.7 Å². The number of rotatable bonds is 5. The van der Waals surface area contributed by atoms with Crippen LogP contribution in [0.5, 0.6) is 0 Å². The quantitative estimate of drug-likeness (QED) is 0.626. The van der Waals surface area contributed by atoms with E-state index in [0.29, 0.717) is 19.6 Å². The minimum atomic E-state index is -0.237. The van der Waals surface area contributed by atoms with Gasteiger partial charge in [-0.2, -0.15) is 0 Å². The average Bonchev–Trinajstić information content (AvgIpc) is 2.25. The predicted molar refractivity (Wildman–Crippen MR) is 59.9 cm³/mol. The van der Waals surface area contributed by atoms with Crippen molar-refractivity contribution in [2.75, 3.05) is 33.3 Å². The number of esters is 1. The summed E-state index contributed by atoms with van der Waals surface area (Å²) in [5.74, 6) is -0.155. The first-order valence-corrected chi connectivity index (χ1v) is 5.73. The minimum absolute atomic E-state index is 0.0820. The second kappa shape index (κ2) is 5.84. The smallest absolute Gasteiger partial charge is 0.323 e. The van der Waals surface area contributed by atoms with Gasteiger partial charge in [-0.15, -0.1) is 0 Å². The number of amides is 1. The molecule has 0 spiro atoms. The van der Waals surface area contributed by atoms with Gasteiger partial charge in [-0.1, -0.05) is 0 Å². The first kappa shape index (κ1) is 13.0. The van der Waals surface area contributed by atoms with Crippen LogP contribution < -0.4 is 0 Å². The average molecular weight is 228 g/mol. The lowest BCUT2D eigenvalue weighted by Gasteiger charge is -2.39. The monoisotopic (exact) mass is 228 g/mol. The van der Waals surface area contributed by atoms with Crippen molar-refractivity contribution < 1.29 is 14.3 Å². The standard InChI is InChI=1S/C11H20N2O3/c1-4-12(5-2)10(14)8-13-7-6-9(13)11(15)16-3/h9H,4-8H2,1-3H3. The Labute approximate surface area is 96.3 Å². The van der Waals surface area contributed by atoms with Crippen molar-refractivity contribution in [1.29, 1.82) is 0 Å². The van der Waals surface area contributed by atoms with Crippen molar-refractivity contribution in [2.24, 2.45) is 0 Å². The molecule has 16 heavy (non-hydrogen) atoms. The predicted octanol–water partition coefficient (Wildman–Crippen LogP) is 0.102. The molecule has 1 saturated heterocycles. The van der Waals surface area contributed by atoms with Crippen LogP contribution in [0.2, 0.25) is 0 Å². The van der Waals surface area contributed by atoms with E-state index in [4.69, 9.17) is 0 Å². The summed E-state index contributed by atoms with van der Waals surface area (Å²) in [6.07, 6.45) is 0.790. The van der Waals surface area contributed by atoms with Gasteiger partial charge in [-0.25, -0.2) is 0 Å². The Kier molecular flexibility index (Phi) is 4.73. The highest BCUT2D eigenvalue weighted by atomic mass is 16.5. The summed E-state index contributed by atoms with van der Waals surface area (Å²) >= 11 is 0. The molecule has 1 rings (SSSR count). The van der Waals surface area contributed by atoms with Crippen LogP contribution in [0.25, 0.3) is 0 Å². The van der Waals surface area contributed by atoms with Crippen molar-refractivity contribution in [3.63, 3.8) is 0 Å². The van der Waals surface area contributed by atoms with E-state index in [2.05, 4.69) is 4.74 Å². The van der Waals surface area contributed by atoms with Crippen molar-refractivity contribution in [2.45, 2.75) is 26.3 Å². The van der Waals surface area contributed by atoms with Gasteiger partial charge >= 0.3 is 5.97 Å². The molecule has 1 aliphatic heterocycles. The summed E-state index contributed by atoms with van der Waals surface area (Å²) in [7, 11) is 1.38. The van der Waals surface area contributed by atoms with Gasteiger partial charge in [0.15, 0.2) is 0 Å². The molecule has 1 heterocycles. The number of likely N-dealkylation sites (N-methyl/N-ethyl adjacent to an activating group) is 1. The lowest BCUT2D eigenvalue weighted by Crippen LogP contribution is -2.56. The number of hydrogen-bond acceptors (Lipinski definition) is 4. The van der Waals surface area contributed by atoms with E-state index < -0.39 is 0 Å². The van der Waals surface area contributed by atoms with Gasteiger partial charge in [-0.3, -0.25) is 14.5 Å². The molecule has 1 aliphatic rings.